The fraction of sp³-hybridized carbons (Fsp3) is 0.750. The van der Waals surface area contributed by atoms with E-state index in [1.807, 2.05) is 11.3 Å². The van der Waals surface area contributed by atoms with Crippen LogP contribution in [-0.2, 0) is 6.54 Å². The molecule has 0 amide bonds. The summed E-state index contributed by atoms with van der Waals surface area (Å²) in [7, 11) is 0. The molecule has 4 aliphatic rings. The molecule has 1 aromatic rings. The second-order valence-corrected chi connectivity index (χ2v) is 9.36. The lowest BCUT2D eigenvalue weighted by Crippen LogP contribution is -2.58. The van der Waals surface area contributed by atoms with Crippen LogP contribution < -0.4 is 5.32 Å². The van der Waals surface area contributed by atoms with Gasteiger partial charge in [0.15, 0.2) is 0 Å². The predicted molar refractivity (Wildman–Crippen MR) is 84.5 cm³/mol. The number of thiophene rings is 1. The normalized spacial score (nSPS) is 40.0. The summed E-state index contributed by atoms with van der Waals surface area (Å²) in [4.78, 5) is 2.89. The molecular formula is C16H22BrNS. The van der Waals surface area contributed by atoms with E-state index in [1.54, 1.807) is 0 Å². The summed E-state index contributed by atoms with van der Waals surface area (Å²) in [5, 5.41) is 3.97. The van der Waals surface area contributed by atoms with Crippen LogP contribution in [0.5, 0.6) is 0 Å². The lowest BCUT2D eigenvalue weighted by molar-refractivity contribution is -0.0204. The van der Waals surface area contributed by atoms with Crippen molar-refractivity contribution in [3.63, 3.8) is 0 Å². The summed E-state index contributed by atoms with van der Waals surface area (Å²) in [6.07, 6.45) is 8.94. The Kier molecular flexibility index (Phi) is 3.09. The summed E-state index contributed by atoms with van der Waals surface area (Å²) >= 11 is 5.57. The van der Waals surface area contributed by atoms with Gasteiger partial charge in [0.05, 0.1) is 0 Å². The van der Waals surface area contributed by atoms with E-state index in [0.717, 1.165) is 24.3 Å². The first-order chi connectivity index (χ1) is 9.12. The highest BCUT2D eigenvalue weighted by atomic mass is 79.9. The summed E-state index contributed by atoms with van der Waals surface area (Å²) in [5.41, 5.74) is 0.499. The van der Waals surface area contributed by atoms with Crippen LogP contribution in [-0.4, -0.2) is 5.54 Å². The van der Waals surface area contributed by atoms with Crippen molar-refractivity contribution in [1.82, 2.24) is 5.32 Å². The number of rotatable bonds is 3. The second-order valence-electron chi connectivity index (χ2n) is 7.17. The van der Waals surface area contributed by atoms with Crippen LogP contribution in [0.1, 0.15) is 48.3 Å². The average molecular weight is 340 g/mol. The van der Waals surface area contributed by atoms with Gasteiger partial charge in [-0.15, -0.1) is 11.3 Å². The molecule has 0 unspecified atom stereocenters. The van der Waals surface area contributed by atoms with Crippen molar-refractivity contribution in [3.8, 4) is 0 Å². The van der Waals surface area contributed by atoms with Crippen LogP contribution in [0, 0.1) is 24.7 Å². The van der Waals surface area contributed by atoms with Crippen LogP contribution in [0.4, 0.5) is 0 Å². The van der Waals surface area contributed by atoms with Gasteiger partial charge in [-0.1, -0.05) is 0 Å². The van der Waals surface area contributed by atoms with Gasteiger partial charge in [0.25, 0.3) is 0 Å². The zero-order valence-corrected chi connectivity index (χ0v) is 13.9. The van der Waals surface area contributed by atoms with Gasteiger partial charge in [-0.05, 0) is 85.2 Å². The van der Waals surface area contributed by atoms with Crippen molar-refractivity contribution in [2.75, 3.05) is 0 Å². The number of halogens is 1. The summed E-state index contributed by atoms with van der Waals surface area (Å²) < 4.78 is 1.28. The number of hydrogen-bond donors (Lipinski definition) is 1. The van der Waals surface area contributed by atoms with Crippen LogP contribution >= 0.6 is 27.3 Å². The Balaban J connectivity index is 1.47. The molecular weight excluding hydrogens is 318 g/mol. The fourth-order valence-electron chi connectivity index (χ4n) is 5.21. The van der Waals surface area contributed by atoms with E-state index in [2.05, 4.69) is 34.2 Å². The number of nitrogens with one attached hydrogen (secondary N) is 1. The molecule has 4 saturated carbocycles. The van der Waals surface area contributed by atoms with Gasteiger partial charge in [0, 0.05) is 26.3 Å². The molecule has 0 radical (unpaired) electrons. The molecule has 19 heavy (non-hydrogen) atoms. The topological polar surface area (TPSA) is 12.0 Å². The maximum atomic E-state index is 3.97. The molecule has 4 fully saturated rings. The third-order valence-electron chi connectivity index (χ3n) is 5.58. The minimum Gasteiger partial charge on any atom is -0.306 e. The van der Waals surface area contributed by atoms with E-state index in [4.69, 9.17) is 0 Å². The average Bonchev–Trinajstić information content (AvgIpc) is 2.65. The van der Waals surface area contributed by atoms with Crippen LogP contribution in [0.3, 0.4) is 0 Å². The quantitative estimate of drug-likeness (QED) is 0.827. The molecule has 0 atom stereocenters. The third kappa shape index (κ3) is 2.32. The molecule has 1 heterocycles. The molecule has 0 aromatic carbocycles. The summed E-state index contributed by atoms with van der Waals surface area (Å²) in [6, 6.07) is 2.30. The Bertz CT molecular complexity index is 438. The van der Waals surface area contributed by atoms with E-state index in [0.29, 0.717) is 5.54 Å². The molecule has 4 bridgehead atoms. The minimum absolute atomic E-state index is 0.499. The Hall–Kier alpha value is 0.140. The molecule has 4 aliphatic carbocycles. The van der Waals surface area contributed by atoms with Gasteiger partial charge in [0.2, 0.25) is 0 Å². The van der Waals surface area contributed by atoms with Gasteiger partial charge in [-0.3, -0.25) is 0 Å². The van der Waals surface area contributed by atoms with Gasteiger partial charge in [-0.25, -0.2) is 0 Å². The molecule has 3 heteroatoms. The molecule has 1 aromatic heterocycles. The largest absolute Gasteiger partial charge is 0.306 e. The lowest BCUT2D eigenvalue weighted by atomic mass is 9.53. The standard InChI is InChI=1S/C16H22BrNS/c1-10-15(17)5-14(19-10)9-18-16-6-11-2-12(7-16)4-13(3-11)8-16/h5,11-13,18H,2-4,6-9H2,1H3. The monoisotopic (exact) mass is 339 g/mol. The number of aryl methyl sites for hydroxylation is 1. The van der Waals surface area contributed by atoms with Gasteiger partial charge < -0.3 is 5.32 Å². The van der Waals surface area contributed by atoms with Crippen LogP contribution in [0.2, 0.25) is 0 Å². The van der Waals surface area contributed by atoms with Crippen LogP contribution in [0.25, 0.3) is 0 Å². The highest BCUT2D eigenvalue weighted by Crippen LogP contribution is 2.55. The molecule has 1 N–H and O–H groups in total. The van der Waals surface area contributed by atoms with E-state index < -0.39 is 0 Å². The Morgan fingerprint density at radius 1 is 1.21 bits per heavy atom. The third-order valence-corrected chi connectivity index (χ3v) is 7.72. The Morgan fingerprint density at radius 3 is 2.26 bits per heavy atom. The maximum Gasteiger partial charge on any atom is 0.0314 e. The first kappa shape index (κ1) is 12.8. The zero-order valence-electron chi connectivity index (χ0n) is 11.5. The van der Waals surface area contributed by atoms with Crippen molar-refractivity contribution < 1.29 is 0 Å². The second kappa shape index (κ2) is 4.57. The fourth-order valence-corrected chi connectivity index (χ4v) is 6.75. The minimum atomic E-state index is 0.499. The lowest BCUT2D eigenvalue weighted by Gasteiger charge is -2.57. The van der Waals surface area contributed by atoms with Crippen LogP contribution in [0.15, 0.2) is 10.5 Å². The zero-order chi connectivity index (χ0) is 13.0. The van der Waals surface area contributed by atoms with Crippen molar-refractivity contribution in [3.05, 3.63) is 20.3 Å². The SMILES string of the molecule is Cc1sc(CNC23CC4CC(CC(C4)C2)C3)cc1Br. The molecule has 1 nitrogen and oxygen atoms in total. The molecule has 5 rings (SSSR count). The maximum absolute atomic E-state index is 3.97. The van der Waals surface area contributed by atoms with Gasteiger partial charge in [-0.2, -0.15) is 0 Å². The first-order valence-corrected chi connectivity index (χ1v) is 9.23. The summed E-state index contributed by atoms with van der Waals surface area (Å²) in [6.45, 7) is 3.27. The smallest absolute Gasteiger partial charge is 0.0314 e. The number of hydrogen-bond acceptors (Lipinski definition) is 2. The predicted octanol–water partition coefficient (Wildman–Crippen LogP) is 4.88. The van der Waals surface area contributed by atoms with Crippen molar-refractivity contribution >= 4 is 27.3 Å². The summed E-state index contributed by atoms with van der Waals surface area (Å²) in [5.74, 6) is 3.11. The molecule has 0 spiro atoms. The van der Waals surface area contributed by atoms with Gasteiger partial charge in [0.1, 0.15) is 0 Å². The molecule has 0 aliphatic heterocycles. The highest BCUT2D eigenvalue weighted by Gasteiger charge is 2.50. The van der Waals surface area contributed by atoms with Crippen molar-refractivity contribution in [2.24, 2.45) is 17.8 Å². The van der Waals surface area contributed by atoms with E-state index in [9.17, 15) is 0 Å². The highest BCUT2D eigenvalue weighted by molar-refractivity contribution is 9.10. The van der Waals surface area contributed by atoms with Crippen molar-refractivity contribution in [2.45, 2.75) is 57.5 Å². The van der Waals surface area contributed by atoms with E-state index in [-0.39, 0.29) is 0 Å². The Morgan fingerprint density at radius 2 is 1.79 bits per heavy atom. The molecule has 104 valence electrons. The first-order valence-electron chi connectivity index (χ1n) is 7.62. The Labute approximate surface area is 128 Å². The van der Waals surface area contributed by atoms with E-state index >= 15 is 0 Å². The van der Waals surface area contributed by atoms with Crippen molar-refractivity contribution in [1.29, 1.82) is 0 Å². The van der Waals surface area contributed by atoms with Gasteiger partial charge >= 0.3 is 0 Å². The van der Waals surface area contributed by atoms with E-state index in [1.165, 1.54) is 52.8 Å². The molecule has 0 saturated heterocycles.